The van der Waals surface area contributed by atoms with Gasteiger partial charge in [-0.3, -0.25) is 0 Å². The first-order valence-corrected chi connectivity index (χ1v) is 14.3. The molecule has 0 bridgehead atoms. The van der Waals surface area contributed by atoms with Gasteiger partial charge in [-0.05, 0) is 80.9 Å². The molecule has 0 amide bonds. The van der Waals surface area contributed by atoms with Gasteiger partial charge in [0.1, 0.15) is 30.4 Å². The number of likely N-dealkylation sites (tertiary alicyclic amines) is 1. The van der Waals surface area contributed by atoms with Crippen LogP contribution in [0.3, 0.4) is 0 Å². The van der Waals surface area contributed by atoms with Gasteiger partial charge in [-0.1, -0.05) is 6.07 Å². The van der Waals surface area contributed by atoms with Gasteiger partial charge in [0.05, 0.1) is 23.8 Å². The molecule has 7 nitrogen and oxygen atoms in total. The van der Waals surface area contributed by atoms with E-state index in [2.05, 4.69) is 45.4 Å². The maximum absolute atomic E-state index is 13.1. The van der Waals surface area contributed by atoms with Crippen molar-refractivity contribution in [1.29, 1.82) is 0 Å². The molecule has 0 spiro atoms. The van der Waals surface area contributed by atoms with Crippen LogP contribution in [-0.2, 0) is 4.57 Å². The number of aromatic nitrogens is 2. The number of methoxy groups -OCH3 is 1. The van der Waals surface area contributed by atoms with Gasteiger partial charge in [-0.15, -0.1) is 0 Å². The average Bonchev–Trinajstić information content (AvgIpc) is 3.45. The SMILES string of the molecule is COc1cccc(Nc2ccnc3[nH]c(-c4ccc(O[C@H]5CCN(C)C5)cc4)cc23)c1P(C)(C)=O. The van der Waals surface area contributed by atoms with E-state index in [9.17, 15) is 4.57 Å². The Morgan fingerprint density at radius 2 is 1.91 bits per heavy atom. The molecular formula is C27H31N4O3P. The van der Waals surface area contributed by atoms with Crippen LogP contribution < -0.4 is 20.1 Å². The van der Waals surface area contributed by atoms with Crippen molar-refractivity contribution in [2.24, 2.45) is 0 Å². The molecule has 1 aliphatic heterocycles. The summed E-state index contributed by atoms with van der Waals surface area (Å²) in [6.45, 7) is 5.55. The average molecular weight is 491 g/mol. The number of aromatic amines is 1. The smallest absolute Gasteiger partial charge is 0.139 e. The highest BCUT2D eigenvalue weighted by Crippen LogP contribution is 2.43. The van der Waals surface area contributed by atoms with E-state index in [-0.39, 0.29) is 6.10 Å². The molecule has 0 radical (unpaired) electrons. The molecule has 2 aromatic carbocycles. The molecular weight excluding hydrogens is 459 g/mol. The summed E-state index contributed by atoms with van der Waals surface area (Å²) < 4.78 is 24.7. The van der Waals surface area contributed by atoms with E-state index < -0.39 is 7.14 Å². The predicted molar refractivity (Wildman–Crippen MR) is 143 cm³/mol. The number of hydrogen-bond acceptors (Lipinski definition) is 6. The van der Waals surface area contributed by atoms with Crippen LogP contribution in [0.4, 0.5) is 11.4 Å². The van der Waals surface area contributed by atoms with Crippen molar-refractivity contribution in [1.82, 2.24) is 14.9 Å². The zero-order valence-corrected chi connectivity index (χ0v) is 21.4. The second-order valence-corrected chi connectivity index (χ2v) is 12.6. The number of rotatable bonds is 7. The Labute approximate surface area is 205 Å². The monoisotopic (exact) mass is 490 g/mol. The molecule has 3 heterocycles. The summed E-state index contributed by atoms with van der Waals surface area (Å²) in [5.41, 5.74) is 4.45. The molecule has 35 heavy (non-hydrogen) atoms. The number of nitrogens with zero attached hydrogens (tertiary/aromatic N) is 2. The van der Waals surface area contributed by atoms with Gasteiger partial charge in [0.15, 0.2) is 0 Å². The van der Waals surface area contributed by atoms with E-state index in [4.69, 9.17) is 9.47 Å². The van der Waals surface area contributed by atoms with Gasteiger partial charge in [0.2, 0.25) is 0 Å². The van der Waals surface area contributed by atoms with Crippen molar-refractivity contribution < 1.29 is 14.0 Å². The van der Waals surface area contributed by atoms with Crippen LogP contribution in [0.15, 0.2) is 60.8 Å². The Kier molecular flexibility index (Phi) is 6.30. The first-order chi connectivity index (χ1) is 16.8. The Morgan fingerprint density at radius 3 is 2.60 bits per heavy atom. The molecule has 0 aliphatic carbocycles. The van der Waals surface area contributed by atoms with Crippen LogP contribution >= 0.6 is 7.14 Å². The molecule has 182 valence electrons. The summed E-state index contributed by atoms with van der Waals surface area (Å²) >= 11 is 0. The second-order valence-electron chi connectivity index (χ2n) is 9.45. The number of nitrogens with one attached hydrogen (secondary N) is 2. The number of fused-ring (bicyclic) bond motifs is 1. The predicted octanol–water partition coefficient (Wildman–Crippen LogP) is 5.31. The van der Waals surface area contributed by atoms with Gasteiger partial charge in [-0.25, -0.2) is 4.98 Å². The number of likely N-dealkylation sites (N-methyl/N-ethyl adjacent to an activating group) is 1. The molecule has 0 saturated carbocycles. The lowest BCUT2D eigenvalue weighted by Gasteiger charge is -2.18. The van der Waals surface area contributed by atoms with E-state index >= 15 is 0 Å². The maximum Gasteiger partial charge on any atom is 0.139 e. The first kappa shape index (κ1) is 23.5. The molecule has 1 saturated heterocycles. The third kappa shape index (κ3) is 4.93. The highest BCUT2D eigenvalue weighted by Gasteiger charge is 2.23. The minimum absolute atomic E-state index is 0.250. The summed E-state index contributed by atoms with van der Waals surface area (Å²) in [5, 5.41) is 5.13. The van der Waals surface area contributed by atoms with E-state index in [0.29, 0.717) is 11.1 Å². The van der Waals surface area contributed by atoms with Gasteiger partial charge in [0, 0.05) is 30.4 Å². The van der Waals surface area contributed by atoms with Gasteiger partial charge < -0.3 is 29.2 Å². The van der Waals surface area contributed by atoms with Crippen LogP contribution in [0.25, 0.3) is 22.3 Å². The van der Waals surface area contributed by atoms with Crippen molar-refractivity contribution in [3.05, 3.63) is 60.8 Å². The molecule has 1 fully saturated rings. The fraction of sp³-hybridized carbons (Fsp3) is 0.296. The summed E-state index contributed by atoms with van der Waals surface area (Å²) in [5.74, 6) is 1.51. The summed E-state index contributed by atoms with van der Waals surface area (Å²) in [4.78, 5) is 10.2. The van der Waals surface area contributed by atoms with Crippen molar-refractivity contribution >= 4 is 34.9 Å². The molecule has 5 rings (SSSR count). The lowest BCUT2D eigenvalue weighted by atomic mass is 10.1. The number of H-pyrrole nitrogens is 1. The van der Waals surface area contributed by atoms with Crippen LogP contribution in [0, 0.1) is 0 Å². The lowest BCUT2D eigenvalue weighted by molar-refractivity contribution is 0.208. The minimum atomic E-state index is -2.59. The molecule has 8 heteroatoms. The number of pyridine rings is 1. The van der Waals surface area contributed by atoms with E-state index in [1.807, 2.05) is 36.4 Å². The summed E-state index contributed by atoms with van der Waals surface area (Å²) in [6, 6.07) is 17.9. The standard InChI is InChI=1S/C27H31N4O3P/c1-31-15-13-20(17-31)34-19-10-8-18(9-11-19)24-16-21-22(12-14-28-27(21)30-24)29-23-6-5-7-25(33-2)26(23)35(3,4)32/h5-12,14,16,20H,13,15,17H2,1-4H3,(H2,28,29,30)/t20-/m0/s1. The Morgan fingerprint density at radius 1 is 1.11 bits per heavy atom. The quantitative estimate of drug-likeness (QED) is 0.342. The Bertz CT molecular complexity index is 1390. The van der Waals surface area contributed by atoms with Crippen LogP contribution in [0.1, 0.15) is 6.42 Å². The van der Waals surface area contributed by atoms with Crippen molar-refractivity contribution in [3.63, 3.8) is 0 Å². The molecule has 4 aromatic rings. The zero-order valence-electron chi connectivity index (χ0n) is 20.5. The molecule has 0 unspecified atom stereocenters. The second kappa shape index (κ2) is 9.40. The van der Waals surface area contributed by atoms with Gasteiger partial charge in [0.25, 0.3) is 0 Å². The number of hydrogen-bond donors (Lipinski definition) is 2. The number of ether oxygens (including phenoxy) is 2. The van der Waals surface area contributed by atoms with Crippen LogP contribution in [-0.4, -0.2) is 61.5 Å². The number of benzene rings is 2. The Hall–Kier alpha value is -3.28. The largest absolute Gasteiger partial charge is 0.496 e. The van der Waals surface area contributed by atoms with E-state index in [0.717, 1.165) is 58.9 Å². The topological polar surface area (TPSA) is 79.5 Å². The van der Waals surface area contributed by atoms with Crippen LogP contribution in [0.5, 0.6) is 11.5 Å². The van der Waals surface area contributed by atoms with Crippen molar-refractivity contribution in [2.75, 3.05) is 45.9 Å². The number of anilines is 2. The zero-order chi connectivity index (χ0) is 24.6. The maximum atomic E-state index is 13.1. The molecule has 2 N–H and O–H groups in total. The third-order valence-corrected chi connectivity index (χ3v) is 7.91. The third-order valence-electron chi connectivity index (χ3n) is 6.37. The molecule has 2 aromatic heterocycles. The van der Waals surface area contributed by atoms with E-state index in [1.54, 1.807) is 26.6 Å². The highest BCUT2D eigenvalue weighted by atomic mass is 31.2. The molecule has 1 atom stereocenters. The molecule has 1 aliphatic rings. The van der Waals surface area contributed by atoms with Gasteiger partial charge >= 0.3 is 0 Å². The Balaban J connectivity index is 1.43. The lowest BCUT2D eigenvalue weighted by Crippen LogP contribution is -2.21. The summed E-state index contributed by atoms with van der Waals surface area (Å²) in [6.07, 6.45) is 3.07. The van der Waals surface area contributed by atoms with Crippen molar-refractivity contribution in [2.45, 2.75) is 12.5 Å². The fourth-order valence-electron chi connectivity index (χ4n) is 4.68. The minimum Gasteiger partial charge on any atom is -0.496 e. The van der Waals surface area contributed by atoms with Gasteiger partial charge in [-0.2, -0.15) is 0 Å². The first-order valence-electron chi connectivity index (χ1n) is 11.7. The normalized spacial score (nSPS) is 16.5. The van der Waals surface area contributed by atoms with E-state index in [1.165, 1.54) is 0 Å². The highest BCUT2D eigenvalue weighted by molar-refractivity contribution is 7.70. The summed E-state index contributed by atoms with van der Waals surface area (Å²) in [7, 11) is 1.13. The van der Waals surface area contributed by atoms with Crippen molar-refractivity contribution in [3.8, 4) is 22.8 Å². The fourth-order valence-corrected chi connectivity index (χ4v) is 6.08. The van der Waals surface area contributed by atoms with Crippen LogP contribution in [0.2, 0.25) is 0 Å².